The normalized spacial score (nSPS) is 18.7. The zero-order valence-electron chi connectivity index (χ0n) is 9.92. The number of halogens is 4. The van der Waals surface area contributed by atoms with Gasteiger partial charge in [-0.05, 0) is 22.9 Å². The summed E-state index contributed by atoms with van der Waals surface area (Å²) in [6, 6.07) is 0. The summed E-state index contributed by atoms with van der Waals surface area (Å²) in [5, 5.41) is 6.25. The van der Waals surface area contributed by atoms with E-state index in [1.165, 1.54) is 0 Å². The molecule has 0 fully saturated rings. The molecular weight excluding hydrogens is 331 g/mol. The van der Waals surface area contributed by atoms with Crippen LogP contribution in [0.2, 0.25) is 0 Å². The molecule has 1 atom stereocenters. The van der Waals surface area contributed by atoms with Gasteiger partial charge >= 0.3 is 12.1 Å². The molecule has 0 aliphatic carbocycles. The average Bonchev–Trinajstić information content (AvgIpc) is 2.66. The predicted octanol–water partition coefficient (Wildman–Crippen LogP) is 2.27. The number of nitrogens with zero attached hydrogens (tertiary/aromatic N) is 2. The molecule has 2 rings (SSSR count). The van der Waals surface area contributed by atoms with Crippen LogP contribution in [0.3, 0.4) is 0 Å². The van der Waals surface area contributed by atoms with Crippen molar-refractivity contribution in [2.75, 3.05) is 18.5 Å². The van der Waals surface area contributed by atoms with Crippen molar-refractivity contribution in [3.8, 4) is 0 Å². The maximum absolute atomic E-state index is 12.7. The largest absolute Gasteiger partial charge is 0.466 e. The van der Waals surface area contributed by atoms with Crippen LogP contribution >= 0.6 is 15.9 Å². The predicted molar refractivity (Wildman–Crippen MR) is 63.5 cm³/mol. The number of hydrogen-bond acceptors (Lipinski definition) is 4. The molecule has 1 aromatic rings. The number of carbonyl (C=O) groups excluding carboxylic acids is 1. The lowest BCUT2D eigenvalue weighted by molar-refractivity contribution is -0.148. The van der Waals surface area contributed by atoms with Crippen LogP contribution in [0.15, 0.2) is 4.47 Å². The average molecular weight is 342 g/mol. The first kappa shape index (κ1) is 14.2. The fourth-order valence-corrected chi connectivity index (χ4v) is 2.48. The molecule has 0 bridgehead atoms. The van der Waals surface area contributed by atoms with Gasteiger partial charge in [-0.1, -0.05) is 0 Å². The quantitative estimate of drug-likeness (QED) is 0.838. The maximum atomic E-state index is 12.7. The van der Waals surface area contributed by atoms with Crippen molar-refractivity contribution >= 4 is 27.7 Å². The fourth-order valence-electron chi connectivity index (χ4n) is 1.83. The number of esters is 1. The molecule has 1 unspecified atom stereocenters. The van der Waals surface area contributed by atoms with Crippen LogP contribution in [0.4, 0.5) is 19.0 Å². The molecule has 1 aromatic heterocycles. The molecule has 2 heterocycles. The van der Waals surface area contributed by atoms with Gasteiger partial charge in [-0.3, -0.25) is 4.79 Å². The highest BCUT2D eigenvalue weighted by Crippen LogP contribution is 2.39. The first-order chi connectivity index (χ1) is 8.84. The van der Waals surface area contributed by atoms with Gasteiger partial charge in [-0.15, -0.1) is 0 Å². The van der Waals surface area contributed by atoms with Gasteiger partial charge in [0.1, 0.15) is 5.82 Å². The number of ether oxygens (including phenoxy) is 1. The number of anilines is 1. The molecule has 1 N–H and O–H groups in total. The van der Waals surface area contributed by atoms with Gasteiger partial charge in [-0.2, -0.15) is 18.3 Å². The number of nitrogens with one attached hydrogen (secondary N) is 1. The molecular formula is C10H11BrF3N3O2. The first-order valence-corrected chi connectivity index (χ1v) is 6.38. The zero-order valence-corrected chi connectivity index (χ0v) is 11.5. The summed E-state index contributed by atoms with van der Waals surface area (Å²) in [5.41, 5.74) is -1.00. The monoisotopic (exact) mass is 341 g/mol. The van der Waals surface area contributed by atoms with E-state index in [1.54, 1.807) is 6.92 Å². The highest BCUT2D eigenvalue weighted by molar-refractivity contribution is 9.10. The Bertz CT molecular complexity index is 501. The van der Waals surface area contributed by atoms with Gasteiger partial charge in [0.2, 0.25) is 0 Å². The van der Waals surface area contributed by atoms with E-state index in [4.69, 9.17) is 4.74 Å². The van der Waals surface area contributed by atoms with Crippen LogP contribution in [-0.2, 0) is 22.3 Å². The van der Waals surface area contributed by atoms with Gasteiger partial charge in [0.25, 0.3) is 0 Å². The second-order valence-electron chi connectivity index (χ2n) is 4.02. The van der Waals surface area contributed by atoms with Crippen LogP contribution in [0, 0.1) is 5.92 Å². The van der Waals surface area contributed by atoms with Gasteiger partial charge in [0.15, 0.2) is 5.69 Å². The van der Waals surface area contributed by atoms with E-state index >= 15 is 0 Å². The second-order valence-corrected chi connectivity index (χ2v) is 4.81. The van der Waals surface area contributed by atoms with Gasteiger partial charge in [0.05, 0.1) is 23.5 Å². The number of alkyl halides is 3. The summed E-state index contributed by atoms with van der Waals surface area (Å²) in [4.78, 5) is 11.6. The smallest absolute Gasteiger partial charge is 0.436 e. The lowest BCUT2D eigenvalue weighted by atomic mass is 10.1. The number of fused-ring (bicyclic) bond motifs is 1. The van der Waals surface area contributed by atoms with Crippen LogP contribution in [0.1, 0.15) is 12.6 Å². The molecule has 0 spiro atoms. The summed E-state index contributed by atoms with van der Waals surface area (Å²) >= 11 is 2.88. The number of aromatic nitrogens is 2. The van der Waals surface area contributed by atoms with Crippen molar-refractivity contribution in [2.45, 2.75) is 19.6 Å². The van der Waals surface area contributed by atoms with E-state index in [9.17, 15) is 18.0 Å². The number of hydrogen-bond donors (Lipinski definition) is 1. The van der Waals surface area contributed by atoms with Crippen molar-refractivity contribution in [3.05, 3.63) is 10.2 Å². The molecule has 5 nitrogen and oxygen atoms in total. The van der Waals surface area contributed by atoms with Crippen molar-refractivity contribution in [1.82, 2.24) is 9.78 Å². The van der Waals surface area contributed by atoms with E-state index in [-0.39, 0.29) is 30.0 Å². The third-order valence-electron chi connectivity index (χ3n) is 2.69. The van der Waals surface area contributed by atoms with Crippen molar-refractivity contribution in [3.63, 3.8) is 0 Å². The Hall–Kier alpha value is -1.25. The van der Waals surface area contributed by atoms with Crippen molar-refractivity contribution < 1.29 is 22.7 Å². The van der Waals surface area contributed by atoms with Crippen molar-refractivity contribution in [1.29, 1.82) is 0 Å². The fraction of sp³-hybridized carbons (Fsp3) is 0.600. The minimum Gasteiger partial charge on any atom is -0.466 e. The molecule has 0 radical (unpaired) electrons. The number of rotatable bonds is 2. The standard InChI is InChI=1S/C10H11BrF3N3O2/c1-2-19-9(18)5-3-15-8-6(11)7(10(12,13)14)16-17(8)4-5/h5,15H,2-4H2,1H3. The summed E-state index contributed by atoms with van der Waals surface area (Å²) in [6.07, 6.45) is -4.54. The third-order valence-corrected chi connectivity index (χ3v) is 3.44. The van der Waals surface area contributed by atoms with E-state index in [1.807, 2.05) is 0 Å². The minimum atomic E-state index is -4.54. The summed E-state index contributed by atoms with van der Waals surface area (Å²) < 4.78 is 43.9. The number of carbonyl (C=O) groups is 1. The van der Waals surface area contributed by atoms with Crippen LogP contribution in [-0.4, -0.2) is 28.9 Å². The SMILES string of the molecule is CCOC(=O)C1CNc2c(Br)c(C(F)(F)F)nn2C1. The Morgan fingerprint density at radius 2 is 2.32 bits per heavy atom. The van der Waals surface area contributed by atoms with E-state index in [0.717, 1.165) is 4.68 Å². The molecule has 0 saturated heterocycles. The molecule has 1 aliphatic rings. The van der Waals surface area contributed by atoms with Crippen molar-refractivity contribution in [2.24, 2.45) is 5.92 Å². The third kappa shape index (κ3) is 2.70. The Balaban J connectivity index is 2.25. The van der Waals surface area contributed by atoms with Crippen LogP contribution < -0.4 is 5.32 Å². The second kappa shape index (κ2) is 5.03. The molecule has 0 amide bonds. The lowest BCUT2D eigenvalue weighted by Gasteiger charge is -2.23. The maximum Gasteiger partial charge on any atom is 0.436 e. The summed E-state index contributed by atoms with van der Waals surface area (Å²) in [6.45, 7) is 2.20. The summed E-state index contributed by atoms with van der Waals surface area (Å²) in [7, 11) is 0. The van der Waals surface area contributed by atoms with Crippen LogP contribution in [0.5, 0.6) is 0 Å². The molecule has 0 aromatic carbocycles. The molecule has 1 aliphatic heterocycles. The van der Waals surface area contributed by atoms with E-state index in [2.05, 4.69) is 26.3 Å². The molecule has 0 saturated carbocycles. The Morgan fingerprint density at radius 3 is 2.89 bits per heavy atom. The Kier molecular flexibility index (Phi) is 3.75. The Labute approximate surface area is 115 Å². The lowest BCUT2D eigenvalue weighted by Crippen LogP contribution is -2.34. The highest BCUT2D eigenvalue weighted by Gasteiger charge is 2.40. The molecule has 19 heavy (non-hydrogen) atoms. The van der Waals surface area contributed by atoms with Gasteiger partial charge in [-0.25, -0.2) is 4.68 Å². The Morgan fingerprint density at radius 1 is 1.63 bits per heavy atom. The van der Waals surface area contributed by atoms with E-state index in [0.29, 0.717) is 0 Å². The topological polar surface area (TPSA) is 56.1 Å². The van der Waals surface area contributed by atoms with Crippen LogP contribution in [0.25, 0.3) is 0 Å². The summed E-state index contributed by atoms with van der Waals surface area (Å²) in [5.74, 6) is -0.756. The zero-order chi connectivity index (χ0) is 14.2. The first-order valence-electron chi connectivity index (χ1n) is 5.58. The molecule has 9 heteroatoms. The minimum absolute atomic E-state index is 0.0653. The van der Waals surface area contributed by atoms with E-state index < -0.39 is 23.8 Å². The van der Waals surface area contributed by atoms with Gasteiger partial charge < -0.3 is 10.1 Å². The van der Waals surface area contributed by atoms with Gasteiger partial charge in [0, 0.05) is 6.54 Å². The molecule has 106 valence electrons. The highest BCUT2D eigenvalue weighted by atomic mass is 79.9.